The first-order chi connectivity index (χ1) is 13.9. The van der Waals surface area contributed by atoms with Crippen LogP contribution in [0.3, 0.4) is 0 Å². The van der Waals surface area contributed by atoms with Crippen LogP contribution in [0.5, 0.6) is 0 Å². The number of benzene rings is 1. The third kappa shape index (κ3) is 5.09. The van der Waals surface area contributed by atoms with E-state index in [4.69, 9.17) is 11.6 Å². The molecule has 1 saturated heterocycles. The van der Waals surface area contributed by atoms with Crippen LogP contribution in [0.4, 0.5) is 0 Å². The summed E-state index contributed by atoms with van der Waals surface area (Å²) >= 11 is 6.01. The Kier molecular flexibility index (Phi) is 7.15. The summed E-state index contributed by atoms with van der Waals surface area (Å²) in [5.41, 5.74) is -0.0644. The number of likely N-dealkylation sites (N-methyl/N-ethyl adjacent to an activating group) is 1. The van der Waals surface area contributed by atoms with Crippen molar-refractivity contribution in [2.24, 2.45) is 0 Å². The van der Waals surface area contributed by atoms with Crippen molar-refractivity contribution in [1.29, 1.82) is 5.26 Å². The number of nitrogens with zero attached hydrogens (tertiary/aromatic N) is 4. The number of amides is 2. The fourth-order valence-corrected chi connectivity index (χ4v) is 4.52. The Bertz CT molecular complexity index is 785. The van der Waals surface area contributed by atoms with Crippen molar-refractivity contribution in [2.45, 2.75) is 44.1 Å². The van der Waals surface area contributed by atoms with E-state index >= 15 is 0 Å². The smallest absolute Gasteiger partial charge is 0.253 e. The zero-order chi connectivity index (χ0) is 20.9. The van der Waals surface area contributed by atoms with Crippen molar-refractivity contribution in [3.8, 4) is 6.07 Å². The summed E-state index contributed by atoms with van der Waals surface area (Å²) in [6.45, 7) is 2.93. The summed E-state index contributed by atoms with van der Waals surface area (Å²) in [5, 5.41) is 10.3. The quantitative estimate of drug-likeness (QED) is 0.756. The predicted molar refractivity (Wildman–Crippen MR) is 113 cm³/mol. The number of halogens is 1. The summed E-state index contributed by atoms with van der Waals surface area (Å²) in [6.07, 6.45) is 5.45. The van der Waals surface area contributed by atoms with Gasteiger partial charge in [0.1, 0.15) is 5.54 Å². The first-order valence-corrected chi connectivity index (χ1v) is 10.8. The van der Waals surface area contributed by atoms with E-state index in [1.807, 2.05) is 4.90 Å². The first kappa shape index (κ1) is 21.6. The topological polar surface area (TPSA) is 67.7 Å². The Balaban J connectivity index is 1.57. The third-order valence-electron chi connectivity index (χ3n) is 6.21. The summed E-state index contributed by atoms with van der Waals surface area (Å²) in [5.74, 6) is -0.0356. The van der Waals surface area contributed by atoms with Crippen LogP contribution in [-0.4, -0.2) is 71.8 Å². The van der Waals surface area contributed by atoms with E-state index in [1.54, 1.807) is 36.2 Å². The predicted octanol–water partition coefficient (Wildman–Crippen LogP) is 3.17. The molecule has 1 aromatic carbocycles. The molecule has 0 unspecified atom stereocenters. The second-order valence-electron chi connectivity index (χ2n) is 8.09. The van der Waals surface area contributed by atoms with Crippen LogP contribution in [0.15, 0.2) is 24.3 Å². The van der Waals surface area contributed by atoms with E-state index in [2.05, 4.69) is 11.0 Å². The van der Waals surface area contributed by atoms with Gasteiger partial charge in [0.15, 0.2) is 0 Å². The second kappa shape index (κ2) is 9.60. The lowest BCUT2D eigenvalue weighted by Gasteiger charge is -2.39. The number of carbonyl (C=O) groups excluding carboxylic acids is 2. The van der Waals surface area contributed by atoms with Gasteiger partial charge in [-0.1, -0.05) is 36.9 Å². The van der Waals surface area contributed by atoms with Gasteiger partial charge in [0, 0.05) is 43.8 Å². The molecule has 0 atom stereocenters. The van der Waals surface area contributed by atoms with Crippen molar-refractivity contribution < 1.29 is 9.59 Å². The molecule has 1 aliphatic heterocycles. The molecule has 0 aromatic heterocycles. The summed E-state index contributed by atoms with van der Waals surface area (Å²) < 4.78 is 0. The first-order valence-electron chi connectivity index (χ1n) is 10.4. The largest absolute Gasteiger partial charge is 0.337 e. The zero-order valence-electron chi connectivity index (χ0n) is 17.1. The van der Waals surface area contributed by atoms with Crippen LogP contribution in [-0.2, 0) is 4.79 Å². The lowest BCUT2D eigenvalue weighted by molar-refractivity contribution is -0.136. The number of hydrogen-bond donors (Lipinski definition) is 0. The van der Waals surface area contributed by atoms with Crippen molar-refractivity contribution in [2.75, 3.05) is 39.8 Å². The second-order valence-corrected chi connectivity index (χ2v) is 8.53. The summed E-state index contributed by atoms with van der Waals surface area (Å²) in [7, 11) is 1.77. The number of carbonyl (C=O) groups is 2. The molecule has 1 aromatic rings. The van der Waals surface area contributed by atoms with Crippen LogP contribution in [0.25, 0.3) is 0 Å². The number of nitriles is 1. The molecule has 0 spiro atoms. The van der Waals surface area contributed by atoms with Crippen molar-refractivity contribution in [3.05, 3.63) is 34.9 Å². The van der Waals surface area contributed by atoms with Gasteiger partial charge in [0.05, 0.1) is 12.6 Å². The van der Waals surface area contributed by atoms with E-state index in [0.717, 1.165) is 45.1 Å². The van der Waals surface area contributed by atoms with Gasteiger partial charge < -0.3 is 9.80 Å². The minimum absolute atomic E-state index is 0.0110. The standard InChI is InChI=1S/C22H29ClN4O2/c1-25(22(17-24)9-3-2-4-10-22)20(28)16-26-11-6-12-27(14-13-26)21(29)18-7-5-8-19(23)15-18/h5,7-8,15H,2-4,6,9-14,16H2,1H3. The molecule has 2 amide bonds. The number of hydrogen-bond acceptors (Lipinski definition) is 4. The van der Waals surface area contributed by atoms with Gasteiger partial charge in [-0.15, -0.1) is 0 Å². The molecule has 3 rings (SSSR count). The minimum Gasteiger partial charge on any atom is -0.337 e. The van der Waals surface area contributed by atoms with Crippen LogP contribution >= 0.6 is 11.6 Å². The zero-order valence-corrected chi connectivity index (χ0v) is 17.8. The fraction of sp³-hybridized carbons (Fsp3) is 0.591. The molecule has 1 heterocycles. The van der Waals surface area contributed by atoms with Crippen molar-refractivity contribution >= 4 is 23.4 Å². The Hall–Kier alpha value is -2.10. The molecule has 2 fully saturated rings. The Labute approximate surface area is 178 Å². The molecule has 7 heteroatoms. The van der Waals surface area contributed by atoms with E-state index < -0.39 is 5.54 Å². The Morgan fingerprint density at radius 1 is 1.14 bits per heavy atom. The van der Waals surface area contributed by atoms with Crippen LogP contribution in [0.2, 0.25) is 5.02 Å². The lowest BCUT2D eigenvalue weighted by atomic mass is 9.81. The highest BCUT2D eigenvalue weighted by Crippen LogP contribution is 2.32. The van der Waals surface area contributed by atoms with Gasteiger partial charge in [-0.05, 0) is 37.5 Å². The van der Waals surface area contributed by atoms with E-state index in [0.29, 0.717) is 36.8 Å². The summed E-state index contributed by atoms with van der Waals surface area (Å²) in [6, 6.07) is 9.42. The molecule has 6 nitrogen and oxygen atoms in total. The van der Waals surface area contributed by atoms with Crippen molar-refractivity contribution in [3.63, 3.8) is 0 Å². The van der Waals surface area contributed by atoms with Gasteiger partial charge >= 0.3 is 0 Å². The number of rotatable bonds is 4. The van der Waals surface area contributed by atoms with Gasteiger partial charge in [-0.3, -0.25) is 14.5 Å². The highest BCUT2D eigenvalue weighted by atomic mass is 35.5. The maximum Gasteiger partial charge on any atom is 0.253 e. The minimum atomic E-state index is -0.657. The lowest BCUT2D eigenvalue weighted by Crippen LogP contribution is -2.52. The third-order valence-corrected chi connectivity index (χ3v) is 6.45. The molecular formula is C22H29ClN4O2. The highest BCUT2D eigenvalue weighted by Gasteiger charge is 2.39. The average Bonchev–Trinajstić information content (AvgIpc) is 2.98. The molecule has 0 N–H and O–H groups in total. The molecule has 0 bridgehead atoms. The molecular weight excluding hydrogens is 388 g/mol. The molecule has 1 aliphatic carbocycles. The molecule has 29 heavy (non-hydrogen) atoms. The maximum atomic E-state index is 12.9. The molecule has 2 aliphatic rings. The normalized spacial score (nSPS) is 19.8. The molecule has 1 saturated carbocycles. The fourth-order valence-electron chi connectivity index (χ4n) is 4.33. The maximum absolute atomic E-state index is 12.9. The van der Waals surface area contributed by atoms with Gasteiger partial charge in [0.2, 0.25) is 5.91 Å². The van der Waals surface area contributed by atoms with Gasteiger partial charge in [-0.2, -0.15) is 5.26 Å². The Morgan fingerprint density at radius 2 is 1.90 bits per heavy atom. The van der Waals surface area contributed by atoms with E-state index in [1.165, 1.54) is 0 Å². The molecule has 156 valence electrons. The van der Waals surface area contributed by atoms with Gasteiger partial charge in [0.25, 0.3) is 5.91 Å². The van der Waals surface area contributed by atoms with E-state index in [9.17, 15) is 14.9 Å². The Morgan fingerprint density at radius 3 is 2.59 bits per heavy atom. The average molecular weight is 417 g/mol. The van der Waals surface area contributed by atoms with Crippen LogP contribution in [0.1, 0.15) is 48.9 Å². The van der Waals surface area contributed by atoms with Crippen LogP contribution < -0.4 is 0 Å². The highest BCUT2D eigenvalue weighted by molar-refractivity contribution is 6.30. The van der Waals surface area contributed by atoms with Gasteiger partial charge in [-0.25, -0.2) is 0 Å². The van der Waals surface area contributed by atoms with Crippen LogP contribution in [0, 0.1) is 11.3 Å². The molecule has 0 radical (unpaired) electrons. The van der Waals surface area contributed by atoms with Crippen molar-refractivity contribution in [1.82, 2.24) is 14.7 Å². The summed E-state index contributed by atoms with van der Waals surface area (Å²) in [4.78, 5) is 31.3. The monoisotopic (exact) mass is 416 g/mol. The SMILES string of the molecule is CN(C(=O)CN1CCCN(C(=O)c2cccc(Cl)c2)CC1)C1(C#N)CCCCC1. The van der Waals surface area contributed by atoms with E-state index in [-0.39, 0.29) is 11.8 Å².